The molecule has 0 aromatic heterocycles. The molecule has 140 valence electrons. The number of hydrogen-bond donors (Lipinski definition) is 1. The summed E-state index contributed by atoms with van der Waals surface area (Å²) in [6.07, 6.45) is 19.3. The van der Waals surface area contributed by atoms with Gasteiger partial charge in [0.15, 0.2) is 0 Å². The number of rotatable bonds is 17. The van der Waals surface area contributed by atoms with Crippen LogP contribution in [0.2, 0.25) is 5.54 Å². The molecule has 0 aliphatic carbocycles. The van der Waals surface area contributed by atoms with Crippen LogP contribution in [-0.2, 0) is 0 Å². The third kappa shape index (κ3) is 16.6. The third-order valence-corrected chi connectivity index (χ3v) is 9.18. The van der Waals surface area contributed by atoms with E-state index in [4.69, 9.17) is 33.2 Å². The lowest BCUT2D eigenvalue weighted by atomic mass is 10.0. The quantitative estimate of drug-likeness (QED) is 0.103. The summed E-state index contributed by atoms with van der Waals surface area (Å²) in [5, 5.41) is 0. The minimum atomic E-state index is -2.54. The molecule has 0 saturated heterocycles. The van der Waals surface area contributed by atoms with Crippen molar-refractivity contribution >= 4 is 51.9 Å². The predicted molar refractivity (Wildman–Crippen MR) is 116 cm³/mol. The molecule has 0 aliphatic rings. The summed E-state index contributed by atoms with van der Waals surface area (Å²) < 4.78 is 0. The van der Waals surface area contributed by atoms with E-state index < -0.39 is 6.00 Å². The van der Waals surface area contributed by atoms with Crippen molar-refractivity contribution in [3.8, 4) is 0 Å². The van der Waals surface area contributed by atoms with Crippen LogP contribution in [0.3, 0.4) is 0 Å². The van der Waals surface area contributed by atoms with E-state index in [1.807, 2.05) is 0 Å². The van der Waals surface area contributed by atoms with Crippen LogP contribution in [0, 0.1) is 0 Å². The molecule has 0 nitrogen and oxygen atoms in total. The zero-order chi connectivity index (χ0) is 17.4. The second kappa shape index (κ2) is 16.9. The molecule has 0 aliphatic heterocycles. The highest BCUT2D eigenvalue weighted by Gasteiger charge is 2.35. The second-order valence-electron chi connectivity index (χ2n) is 6.78. The summed E-state index contributed by atoms with van der Waals surface area (Å²) in [5.41, 5.74) is 0.365. The van der Waals surface area contributed by atoms with Crippen molar-refractivity contribution in [2.45, 2.75) is 109 Å². The van der Waals surface area contributed by atoms with E-state index in [9.17, 15) is 0 Å². The van der Waals surface area contributed by atoms with Crippen molar-refractivity contribution in [2.24, 2.45) is 0 Å². The van der Waals surface area contributed by atoms with Gasteiger partial charge in [0, 0.05) is 0 Å². The van der Waals surface area contributed by atoms with E-state index in [0.29, 0.717) is 5.54 Å². The number of unbranched alkanes of at least 4 members (excludes halogenated alkanes) is 11. The van der Waals surface area contributed by atoms with Crippen molar-refractivity contribution in [1.29, 1.82) is 0 Å². The average Bonchev–Trinajstić information content (AvgIpc) is 2.50. The van der Waals surface area contributed by atoms with Gasteiger partial charge in [-0.2, -0.15) is 12.6 Å². The van der Waals surface area contributed by atoms with Crippen molar-refractivity contribution in [2.75, 3.05) is 5.75 Å². The predicted octanol–water partition coefficient (Wildman–Crippen LogP) is 8.81. The standard InChI is InChI=1S/C18H37Cl3SSi/c1-2-3-4-9-12-15-18(23(19,20)21)16-13-10-7-5-6-8-11-14-17-22/h18,22H,2-17H2,1H3. The summed E-state index contributed by atoms with van der Waals surface area (Å²) in [7, 11) is 0. The average molecular weight is 420 g/mol. The highest BCUT2D eigenvalue weighted by atomic mass is 35.8. The fourth-order valence-corrected chi connectivity index (χ4v) is 6.28. The Balaban J connectivity index is 3.65. The minimum absolute atomic E-state index is 0.365. The van der Waals surface area contributed by atoms with Gasteiger partial charge in [-0.15, -0.1) is 33.2 Å². The number of hydrogen-bond acceptors (Lipinski definition) is 1. The van der Waals surface area contributed by atoms with Crippen molar-refractivity contribution in [3.05, 3.63) is 0 Å². The summed E-state index contributed by atoms with van der Waals surface area (Å²) in [4.78, 5) is 0. The Morgan fingerprint density at radius 3 is 1.43 bits per heavy atom. The normalized spacial score (nSPS) is 13.4. The van der Waals surface area contributed by atoms with Crippen LogP contribution < -0.4 is 0 Å². The van der Waals surface area contributed by atoms with Gasteiger partial charge in [0.2, 0.25) is 0 Å². The topological polar surface area (TPSA) is 0 Å². The van der Waals surface area contributed by atoms with Gasteiger partial charge >= 0.3 is 6.00 Å². The molecule has 0 aromatic rings. The van der Waals surface area contributed by atoms with Crippen LogP contribution in [0.25, 0.3) is 0 Å². The van der Waals surface area contributed by atoms with Gasteiger partial charge in [-0.1, -0.05) is 84.0 Å². The van der Waals surface area contributed by atoms with Gasteiger partial charge in [-0.3, -0.25) is 0 Å². The van der Waals surface area contributed by atoms with Crippen LogP contribution >= 0.6 is 45.9 Å². The summed E-state index contributed by atoms with van der Waals surface area (Å²) in [5.74, 6) is 1.03. The first-order chi connectivity index (χ1) is 11.0. The van der Waals surface area contributed by atoms with Crippen LogP contribution in [0.5, 0.6) is 0 Å². The van der Waals surface area contributed by atoms with Crippen LogP contribution in [0.4, 0.5) is 0 Å². The lowest BCUT2D eigenvalue weighted by Gasteiger charge is -2.22. The van der Waals surface area contributed by atoms with Gasteiger partial charge in [-0.05, 0) is 30.6 Å². The van der Waals surface area contributed by atoms with Crippen molar-refractivity contribution < 1.29 is 0 Å². The summed E-state index contributed by atoms with van der Waals surface area (Å²) in [6.45, 7) is 2.25. The molecule has 1 atom stereocenters. The van der Waals surface area contributed by atoms with E-state index in [2.05, 4.69) is 19.6 Å². The molecule has 0 saturated carbocycles. The number of halogens is 3. The van der Waals surface area contributed by atoms with Crippen LogP contribution in [-0.4, -0.2) is 11.8 Å². The first-order valence-electron chi connectivity index (χ1n) is 9.70. The van der Waals surface area contributed by atoms with Crippen molar-refractivity contribution in [3.63, 3.8) is 0 Å². The van der Waals surface area contributed by atoms with Gasteiger partial charge in [0.05, 0.1) is 0 Å². The summed E-state index contributed by atoms with van der Waals surface area (Å²) >= 11 is 23.2. The van der Waals surface area contributed by atoms with Gasteiger partial charge < -0.3 is 0 Å². The Hall–Kier alpha value is 1.44. The monoisotopic (exact) mass is 418 g/mol. The second-order valence-corrected chi connectivity index (χ2v) is 16.2. The molecule has 5 heteroatoms. The smallest absolute Gasteiger partial charge is 0.179 e. The maximum Gasteiger partial charge on any atom is 0.344 e. The maximum absolute atomic E-state index is 6.31. The molecule has 0 amide bonds. The molecule has 0 aromatic carbocycles. The molecule has 0 bridgehead atoms. The highest BCUT2D eigenvalue weighted by molar-refractivity contribution is 7.80. The zero-order valence-corrected chi connectivity index (χ0v) is 19.1. The first kappa shape index (κ1) is 24.4. The molecule has 23 heavy (non-hydrogen) atoms. The molecular weight excluding hydrogens is 383 g/mol. The molecule has 0 heterocycles. The summed E-state index contributed by atoms with van der Waals surface area (Å²) in [6, 6.07) is -2.54. The SMILES string of the molecule is CCCCCCCC(CCCCCCCCCCS)[Si](Cl)(Cl)Cl. The molecule has 0 spiro atoms. The Bertz CT molecular complexity index is 247. The van der Waals surface area contributed by atoms with Crippen LogP contribution in [0.1, 0.15) is 103 Å². The minimum Gasteiger partial charge on any atom is -0.179 e. The lowest BCUT2D eigenvalue weighted by Crippen LogP contribution is -2.20. The van der Waals surface area contributed by atoms with E-state index in [1.54, 1.807) is 0 Å². The highest BCUT2D eigenvalue weighted by Crippen LogP contribution is 2.41. The molecule has 0 N–H and O–H groups in total. The van der Waals surface area contributed by atoms with E-state index in [-0.39, 0.29) is 0 Å². The Kier molecular flexibility index (Phi) is 17.9. The van der Waals surface area contributed by atoms with Gasteiger partial charge in [0.1, 0.15) is 0 Å². The molecular formula is C18H37Cl3SSi. The fourth-order valence-electron chi connectivity index (χ4n) is 3.03. The first-order valence-corrected chi connectivity index (χ1v) is 15.4. The molecule has 1 unspecified atom stereocenters. The third-order valence-electron chi connectivity index (χ3n) is 4.58. The fraction of sp³-hybridized carbons (Fsp3) is 1.00. The van der Waals surface area contributed by atoms with Gasteiger partial charge in [-0.25, -0.2) is 0 Å². The maximum atomic E-state index is 6.31. The lowest BCUT2D eigenvalue weighted by molar-refractivity contribution is 0.529. The molecule has 0 rings (SSSR count). The largest absolute Gasteiger partial charge is 0.344 e. The number of thiol groups is 1. The zero-order valence-electron chi connectivity index (χ0n) is 15.0. The Morgan fingerprint density at radius 1 is 0.652 bits per heavy atom. The molecule has 0 fully saturated rings. The Labute approximate surface area is 166 Å². The van der Waals surface area contributed by atoms with Gasteiger partial charge in [0.25, 0.3) is 0 Å². The van der Waals surface area contributed by atoms with Crippen LogP contribution in [0.15, 0.2) is 0 Å². The molecule has 0 radical (unpaired) electrons. The Morgan fingerprint density at radius 2 is 1.04 bits per heavy atom. The van der Waals surface area contributed by atoms with E-state index in [0.717, 1.165) is 18.6 Å². The van der Waals surface area contributed by atoms with E-state index >= 15 is 0 Å². The van der Waals surface area contributed by atoms with E-state index in [1.165, 1.54) is 83.5 Å². The van der Waals surface area contributed by atoms with Crippen molar-refractivity contribution in [1.82, 2.24) is 0 Å².